The van der Waals surface area contributed by atoms with Gasteiger partial charge in [0.15, 0.2) is 11.6 Å². The number of thiazole rings is 1. The second-order valence-electron chi connectivity index (χ2n) is 4.03. The van der Waals surface area contributed by atoms with Gasteiger partial charge in [0, 0.05) is 12.4 Å². The molecule has 0 aliphatic heterocycles. The van der Waals surface area contributed by atoms with Crippen molar-refractivity contribution in [1.82, 2.24) is 15.0 Å². The second-order valence-corrected chi connectivity index (χ2v) is 4.91. The topological polar surface area (TPSA) is 89.1 Å². The summed E-state index contributed by atoms with van der Waals surface area (Å²) >= 11 is 1.52. The number of nitrogens with zero attached hydrogens (tertiary/aromatic N) is 3. The van der Waals surface area contributed by atoms with E-state index in [1.807, 2.05) is 12.1 Å². The highest BCUT2D eigenvalue weighted by atomic mass is 32.1. The van der Waals surface area contributed by atoms with Gasteiger partial charge >= 0.3 is 5.97 Å². The Morgan fingerprint density at radius 1 is 1.35 bits per heavy atom. The van der Waals surface area contributed by atoms with Crippen LogP contribution < -0.4 is 0 Å². The Morgan fingerprint density at radius 3 is 2.85 bits per heavy atom. The average molecular weight is 287 g/mol. The molecule has 100 valence electrons. The summed E-state index contributed by atoms with van der Waals surface area (Å²) in [6.45, 7) is 0. The van der Waals surface area contributed by atoms with Crippen molar-refractivity contribution >= 4 is 17.3 Å². The lowest BCUT2D eigenvalue weighted by Gasteiger charge is -1.99. The van der Waals surface area contributed by atoms with Crippen LogP contribution in [0.5, 0.6) is 0 Å². The van der Waals surface area contributed by atoms with Gasteiger partial charge in [-0.05, 0) is 11.6 Å². The first-order valence-electron chi connectivity index (χ1n) is 5.74. The molecule has 0 saturated carbocycles. The van der Waals surface area contributed by atoms with E-state index in [-0.39, 0.29) is 5.69 Å². The SMILES string of the molecule is O=C(O)c1coc(Cc2ccc(-c3cncs3)nc2)n1. The quantitative estimate of drug-likeness (QED) is 0.793. The lowest BCUT2D eigenvalue weighted by molar-refractivity contribution is 0.0690. The van der Waals surface area contributed by atoms with Gasteiger partial charge < -0.3 is 9.52 Å². The van der Waals surface area contributed by atoms with Crippen molar-refractivity contribution in [2.24, 2.45) is 0 Å². The Bertz CT molecular complexity index is 720. The van der Waals surface area contributed by atoms with Crippen molar-refractivity contribution in [3.63, 3.8) is 0 Å². The van der Waals surface area contributed by atoms with Gasteiger partial charge in [-0.15, -0.1) is 11.3 Å². The summed E-state index contributed by atoms with van der Waals surface area (Å²) in [7, 11) is 0. The molecule has 0 atom stereocenters. The number of carbonyl (C=O) groups is 1. The summed E-state index contributed by atoms with van der Waals surface area (Å²) in [5, 5.41) is 8.77. The smallest absolute Gasteiger partial charge is 0.357 e. The van der Waals surface area contributed by atoms with Crippen LogP contribution in [0.1, 0.15) is 21.9 Å². The number of carboxylic acids is 1. The van der Waals surface area contributed by atoms with Crippen molar-refractivity contribution in [1.29, 1.82) is 0 Å². The van der Waals surface area contributed by atoms with Gasteiger partial charge in [-0.25, -0.2) is 9.78 Å². The number of aromatic nitrogens is 3. The van der Waals surface area contributed by atoms with E-state index in [4.69, 9.17) is 9.52 Å². The minimum absolute atomic E-state index is 0.0887. The number of rotatable bonds is 4. The van der Waals surface area contributed by atoms with Crippen LogP contribution in [0.4, 0.5) is 0 Å². The van der Waals surface area contributed by atoms with Crippen molar-refractivity contribution in [3.8, 4) is 10.6 Å². The number of carboxylic acid groups (broad SMARTS) is 1. The normalized spacial score (nSPS) is 10.6. The van der Waals surface area contributed by atoms with Crippen LogP contribution in [-0.4, -0.2) is 26.0 Å². The zero-order valence-electron chi connectivity index (χ0n) is 10.2. The van der Waals surface area contributed by atoms with E-state index >= 15 is 0 Å². The first-order chi connectivity index (χ1) is 9.72. The molecule has 3 heterocycles. The molecule has 1 N–H and O–H groups in total. The molecule has 0 fully saturated rings. The monoisotopic (exact) mass is 287 g/mol. The van der Waals surface area contributed by atoms with Crippen LogP contribution in [0.25, 0.3) is 10.6 Å². The van der Waals surface area contributed by atoms with Crippen LogP contribution in [0, 0.1) is 0 Å². The van der Waals surface area contributed by atoms with Crippen LogP contribution in [0.15, 0.2) is 40.7 Å². The first-order valence-corrected chi connectivity index (χ1v) is 6.62. The van der Waals surface area contributed by atoms with Gasteiger partial charge in [-0.1, -0.05) is 6.07 Å². The van der Waals surface area contributed by atoms with E-state index in [9.17, 15) is 4.79 Å². The number of hydrogen-bond donors (Lipinski definition) is 1. The summed E-state index contributed by atoms with van der Waals surface area (Å²) in [5.41, 5.74) is 3.42. The van der Waals surface area contributed by atoms with E-state index in [0.717, 1.165) is 22.4 Å². The third kappa shape index (κ3) is 2.57. The van der Waals surface area contributed by atoms with E-state index < -0.39 is 5.97 Å². The molecular formula is C13H9N3O3S. The molecule has 3 aromatic rings. The molecule has 0 bridgehead atoms. The zero-order chi connectivity index (χ0) is 13.9. The molecule has 0 aromatic carbocycles. The molecule has 0 amide bonds. The Labute approximate surface area is 117 Å². The standard InChI is InChI=1S/C13H9N3O3S/c17-13(18)10-6-19-12(16-10)3-8-1-2-9(15-4-8)11-5-14-7-20-11/h1-2,4-7H,3H2,(H,17,18). The van der Waals surface area contributed by atoms with Gasteiger partial charge in [0.25, 0.3) is 0 Å². The molecular weight excluding hydrogens is 278 g/mol. The summed E-state index contributed by atoms with van der Waals surface area (Å²) in [5.74, 6) is -0.742. The maximum atomic E-state index is 10.7. The van der Waals surface area contributed by atoms with Crippen LogP contribution in [0.2, 0.25) is 0 Å². The van der Waals surface area contributed by atoms with E-state index in [1.54, 1.807) is 17.9 Å². The van der Waals surface area contributed by atoms with Gasteiger partial charge in [0.2, 0.25) is 0 Å². The van der Waals surface area contributed by atoms with Crippen LogP contribution >= 0.6 is 11.3 Å². The summed E-state index contributed by atoms with van der Waals surface area (Å²) < 4.78 is 5.10. The van der Waals surface area contributed by atoms with Crippen LogP contribution in [0.3, 0.4) is 0 Å². The second kappa shape index (κ2) is 5.22. The molecule has 0 unspecified atom stereocenters. The Kier molecular flexibility index (Phi) is 3.26. The fraction of sp³-hybridized carbons (Fsp3) is 0.0769. The van der Waals surface area contributed by atoms with Crippen LogP contribution in [-0.2, 0) is 6.42 Å². The van der Waals surface area contributed by atoms with E-state index in [1.165, 1.54) is 11.3 Å². The number of pyridine rings is 1. The number of hydrogen-bond acceptors (Lipinski definition) is 6. The predicted molar refractivity (Wildman–Crippen MR) is 71.6 cm³/mol. The van der Waals surface area contributed by atoms with Crippen molar-refractivity contribution in [3.05, 3.63) is 53.4 Å². The van der Waals surface area contributed by atoms with E-state index in [2.05, 4.69) is 15.0 Å². The minimum atomic E-state index is -1.10. The first kappa shape index (κ1) is 12.5. The summed E-state index contributed by atoms with van der Waals surface area (Å²) in [6.07, 6.45) is 5.03. The molecule has 0 spiro atoms. The summed E-state index contributed by atoms with van der Waals surface area (Å²) in [4.78, 5) is 23.9. The molecule has 0 radical (unpaired) electrons. The molecule has 6 nitrogen and oxygen atoms in total. The van der Waals surface area contributed by atoms with Crippen molar-refractivity contribution in [2.45, 2.75) is 6.42 Å². The lowest BCUT2D eigenvalue weighted by Crippen LogP contribution is -1.97. The fourth-order valence-electron chi connectivity index (χ4n) is 1.68. The van der Waals surface area contributed by atoms with E-state index in [0.29, 0.717) is 12.3 Å². The maximum Gasteiger partial charge on any atom is 0.357 e. The van der Waals surface area contributed by atoms with Gasteiger partial charge in [-0.3, -0.25) is 9.97 Å². The number of aromatic carboxylic acids is 1. The largest absolute Gasteiger partial charge is 0.476 e. The third-order valence-electron chi connectivity index (χ3n) is 2.64. The van der Waals surface area contributed by atoms with Crippen molar-refractivity contribution < 1.29 is 14.3 Å². The predicted octanol–water partition coefficient (Wildman–Crippen LogP) is 2.48. The Morgan fingerprint density at radius 2 is 2.25 bits per heavy atom. The highest BCUT2D eigenvalue weighted by molar-refractivity contribution is 7.13. The van der Waals surface area contributed by atoms with Crippen molar-refractivity contribution in [2.75, 3.05) is 0 Å². The lowest BCUT2D eigenvalue weighted by atomic mass is 10.2. The molecule has 0 aliphatic rings. The fourth-order valence-corrected chi connectivity index (χ4v) is 2.28. The van der Waals surface area contributed by atoms with Gasteiger partial charge in [0.05, 0.1) is 22.5 Å². The minimum Gasteiger partial charge on any atom is -0.476 e. The summed E-state index contributed by atoms with van der Waals surface area (Å²) in [6, 6.07) is 3.80. The molecule has 20 heavy (non-hydrogen) atoms. The molecule has 3 rings (SSSR count). The highest BCUT2D eigenvalue weighted by Gasteiger charge is 2.11. The molecule has 0 saturated heterocycles. The van der Waals surface area contributed by atoms with Gasteiger partial charge in [-0.2, -0.15) is 0 Å². The highest BCUT2D eigenvalue weighted by Crippen LogP contribution is 2.21. The Balaban J connectivity index is 1.76. The molecule has 3 aromatic heterocycles. The average Bonchev–Trinajstić information content (AvgIpc) is 3.10. The molecule has 0 aliphatic carbocycles. The Hall–Kier alpha value is -2.54. The molecule has 7 heteroatoms. The number of oxazole rings is 1. The zero-order valence-corrected chi connectivity index (χ0v) is 11.0. The van der Waals surface area contributed by atoms with Gasteiger partial charge in [0.1, 0.15) is 6.26 Å². The maximum absolute atomic E-state index is 10.7. The third-order valence-corrected chi connectivity index (χ3v) is 3.43.